The standard InChI is InChI=1S/C28H33FN2O4S/c1-36-15-14-23-26(22-8-5-9-24(32)27(22)29)28(21-6-3-2-4-7-21)30-31(23)16-19-10-12-20(13-11-19)17-35-18-25(33)34/h2-9,19-20,32H,10-18H2,1H3,(H,33,34)/t19-,20+. The number of thioether (sulfide) groups is 1. The molecular formula is C28H33FN2O4S. The van der Waals surface area contributed by atoms with Crippen LogP contribution in [0.25, 0.3) is 22.4 Å². The lowest BCUT2D eigenvalue weighted by Gasteiger charge is -2.28. The highest BCUT2D eigenvalue weighted by Crippen LogP contribution is 2.39. The van der Waals surface area contributed by atoms with Crippen molar-refractivity contribution in [3.63, 3.8) is 0 Å². The lowest BCUT2D eigenvalue weighted by molar-refractivity contribution is -0.142. The Labute approximate surface area is 215 Å². The molecule has 0 atom stereocenters. The number of phenolic OH excluding ortho intramolecular Hbond substituents is 1. The van der Waals surface area contributed by atoms with E-state index in [-0.39, 0.29) is 12.4 Å². The highest BCUT2D eigenvalue weighted by atomic mass is 32.2. The molecule has 36 heavy (non-hydrogen) atoms. The Morgan fingerprint density at radius 1 is 1.11 bits per heavy atom. The Hall–Kier alpha value is -2.84. The van der Waals surface area contributed by atoms with Crippen LogP contribution in [0.4, 0.5) is 4.39 Å². The molecule has 1 saturated carbocycles. The van der Waals surface area contributed by atoms with Crippen molar-refractivity contribution in [3.8, 4) is 28.1 Å². The number of carboxylic acids is 1. The molecule has 6 nitrogen and oxygen atoms in total. The van der Waals surface area contributed by atoms with Crippen LogP contribution in [-0.4, -0.2) is 51.2 Å². The van der Waals surface area contributed by atoms with Gasteiger partial charge in [0.1, 0.15) is 12.3 Å². The van der Waals surface area contributed by atoms with Gasteiger partial charge in [-0.2, -0.15) is 16.9 Å². The molecule has 0 aliphatic heterocycles. The minimum absolute atomic E-state index is 0.247. The first-order valence-corrected chi connectivity index (χ1v) is 13.8. The molecular weight excluding hydrogens is 479 g/mol. The lowest BCUT2D eigenvalue weighted by atomic mass is 9.82. The zero-order chi connectivity index (χ0) is 25.5. The van der Waals surface area contributed by atoms with E-state index in [0.29, 0.717) is 24.0 Å². The summed E-state index contributed by atoms with van der Waals surface area (Å²) in [6, 6.07) is 14.6. The molecule has 0 radical (unpaired) electrons. The second-order valence-corrected chi connectivity index (χ2v) is 10.4. The first-order chi connectivity index (χ1) is 17.5. The summed E-state index contributed by atoms with van der Waals surface area (Å²) < 4.78 is 22.6. The summed E-state index contributed by atoms with van der Waals surface area (Å²) in [6.45, 7) is 0.980. The maximum absolute atomic E-state index is 15.2. The van der Waals surface area contributed by atoms with E-state index < -0.39 is 11.8 Å². The van der Waals surface area contributed by atoms with E-state index in [9.17, 15) is 9.90 Å². The third-order valence-electron chi connectivity index (χ3n) is 6.87. The minimum atomic E-state index is -0.937. The van der Waals surface area contributed by atoms with Crippen LogP contribution < -0.4 is 0 Å². The largest absolute Gasteiger partial charge is 0.505 e. The van der Waals surface area contributed by atoms with Gasteiger partial charge in [0.15, 0.2) is 11.6 Å². The average molecular weight is 513 g/mol. The molecule has 2 N–H and O–H groups in total. The fourth-order valence-corrected chi connectivity index (χ4v) is 5.43. The number of carbonyl (C=O) groups is 1. The van der Waals surface area contributed by atoms with E-state index in [0.717, 1.165) is 66.9 Å². The molecule has 0 spiro atoms. The Kier molecular flexibility index (Phi) is 9.04. The predicted molar refractivity (Wildman–Crippen MR) is 141 cm³/mol. The highest BCUT2D eigenvalue weighted by Gasteiger charge is 2.27. The van der Waals surface area contributed by atoms with Crippen LogP contribution in [-0.2, 0) is 22.5 Å². The van der Waals surface area contributed by atoms with E-state index in [1.807, 2.05) is 30.3 Å². The number of carboxylic acid groups (broad SMARTS) is 1. The summed E-state index contributed by atoms with van der Waals surface area (Å²) in [4.78, 5) is 10.7. The van der Waals surface area contributed by atoms with Gasteiger partial charge in [-0.05, 0) is 62.0 Å². The number of phenols is 1. The Morgan fingerprint density at radius 3 is 2.53 bits per heavy atom. The van der Waals surface area contributed by atoms with Gasteiger partial charge in [-0.15, -0.1) is 0 Å². The van der Waals surface area contributed by atoms with Gasteiger partial charge in [-0.1, -0.05) is 42.5 Å². The summed E-state index contributed by atoms with van der Waals surface area (Å²) >= 11 is 1.74. The van der Waals surface area contributed by atoms with Gasteiger partial charge in [-0.3, -0.25) is 4.68 Å². The number of aliphatic carboxylic acids is 1. The van der Waals surface area contributed by atoms with Crippen molar-refractivity contribution >= 4 is 17.7 Å². The van der Waals surface area contributed by atoms with Gasteiger partial charge in [0, 0.05) is 28.9 Å². The molecule has 4 rings (SSSR count). The number of ether oxygens (including phenoxy) is 1. The van der Waals surface area contributed by atoms with Crippen molar-refractivity contribution < 1.29 is 24.1 Å². The smallest absolute Gasteiger partial charge is 0.329 e. The number of benzene rings is 2. The first kappa shape index (κ1) is 26.2. The molecule has 1 aliphatic carbocycles. The van der Waals surface area contributed by atoms with Crippen molar-refractivity contribution in [1.29, 1.82) is 0 Å². The van der Waals surface area contributed by atoms with Crippen LogP contribution in [0.15, 0.2) is 48.5 Å². The normalized spacial score (nSPS) is 17.8. The van der Waals surface area contributed by atoms with Crippen LogP contribution >= 0.6 is 11.8 Å². The maximum Gasteiger partial charge on any atom is 0.329 e. The summed E-state index contributed by atoms with van der Waals surface area (Å²) in [6.07, 6.45) is 6.81. The monoisotopic (exact) mass is 512 g/mol. The quantitative estimate of drug-likeness (QED) is 0.334. The summed E-state index contributed by atoms with van der Waals surface area (Å²) in [5.41, 5.74) is 3.75. The van der Waals surface area contributed by atoms with E-state index in [2.05, 4.69) is 10.9 Å². The Balaban J connectivity index is 1.64. The van der Waals surface area contributed by atoms with E-state index in [1.165, 1.54) is 6.07 Å². The van der Waals surface area contributed by atoms with Gasteiger partial charge in [0.25, 0.3) is 0 Å². The van der Waals surface area contributed by atoms with Gasteiger partial charge in [-0.25, -0.2) is 9.18 Å². The van der Waals surface area contributed by atoms with Crippen molar-refractivity contribution in [3.05, 3.63) is 60.0 Å². The lowest BCUT2D eigenvalue weighted by Crippen LogP contribution is -2.24. The highest BCUT2D eigenvalue weighted by molar-refractivity contribution is 7.98. The fourth-order valence-electron chi connectivity index (χ4n) is 5.03. The van der Waals surface area contributed by atoms with Gasteiger partial charge < -0.3 is 14.9 Å². The van der Waals surface area contributed by atoms with Crippen molar-refractivity contribution in [2.24, 2.45) is 11.8 Å². The first-order valence-electron chi connectivity index (χ1n) is 12.4. The molecule has 8 heteroatoms. The van der Waals surface area contributed by atoms with Crippen LogP contribution in [0.5, 0.6) is 5.75 Å². The third-order valence-corrected chi connectivity index (χ3v) is 7.48. The van der Waals surface area contributed by atoms with Crippen molar-refractivity contribution in [2.75, 3.05) is 25.2 Å². The minimum Gasteiger partial charge on any atom is -0.505 e. The van der Waals surface area contributed by atoms with Crippen LogP contribution in [0, 0.1) is 17.7 Å². The molecule has 1 heterocycles. The second kappa shape index (κ2) is 12.4. The molecule has 1 fully saturated rings. The van der Waals surface area contributed by atoms with Crippen molar-refractivity contribution in [2.45, 2.75) is 38.6 Å². The van der Waals surface area contributed by atoms with Gasteiger partial charge in [0.05, 0.1) is 6.61 Å². The molecule has 192 valence electrons. The molecule has 0 unspecified atom stereocenters. The van der Waals surface area contributed by atoms with E-state index in [4.69, 9.17) is 14.9 Å². The number of rotatable bonds is 11. The van der Waals surface area contributed by atoms with E-state index in [1.54, 1.807) is 23.9 Å². The number of hydrogen-bond donors (Lipinski definition) is 2. The van der Waals surface area contributed by atoms with Crippen LogP contribution in [0.2, 0.25) is 0 Å². The Morgan fingerprint density at radius 2 is 1.83 bits per heavy atom. The molecule has 0 saturated heterocycles. The number of halogens is 1. The SMILES string of the molecule is CSCCc1c(-c2cccc(O)c2F)c(-c2ccccc2)nn1C[C@H]1CC[C@@H](COCC(=O)O)CC1. The molecule has 3 aromatic rings. The molecule has 0 amide bonds. The number of hydrogen-bond acceptors (Lipinski definition) is 5. The maximum atomic E-state index is 15.2. The third kappa shape index (κ3) is 6.28. The zero-order valence-corrected chi connectivity index (χ0v) is 21.3. The Bertz CT molecular complexity index is 1160. The second-order valence-electron chi connectivity index (χ2n) is 9.40. The number of aromatic hydroxyl groups is 1. The summed E-state index contributed by atoms with van der Waals surface area (Å²) in [5.74, 6) is -0.236. The van der Waals surface area contributed by atoms with Crippen molar-refractivity contribution in [1.82, 2.24) is 9.78 Å². The summed E-state index contributed by atoms with van der Waals surface area (Å²) in [5, 5.41) is 23.9. The summed E-state index contributed by atoms with van der Waals surface area (Å²) in [7, 11) is 0. The topological polar surface area (TPSA) is 84.6 Å². The fraction of sp³-hybridized carbons (Fsp3) is 0.429. The predicted octanol–water partition coefficient (Wildman–Crippen LogP) is 5.87. The molecule has 2 aromatic carbocycles. The van der Waals surface area contributed by atoms with Crippen LogP contribution in [0.3, 0.4) is 0 Å². The molecule has 0 bridgehead atoms. The van der Waals surface area contributed by atoms with Gasteiger partial charge >= 0.3 is 5.97 Å². The molecule has 1 aromatic heterocycles. The zero-order valence-electron chi connectivity index (χ0n) is 20.5. The number of nitrogens with zero attached hydrogens (tertiary/aromatic N) is 2. The number of aromatic nitrogens is 2. The van der Waals surface area contributed by atoms with Crippen LogP contribution in [0.1, 0.15) is 31.4 Å². The van der Waals surface area contributed by atoms with E-state index >= 15 is 4.39 Å². The van der Waals surface area contributed by atoms with Gasteiger partial charge in [0.2, 0.25) is 0 Å². The average Bonchev–Trinajstić information content (AvgIpc) is 3.23. The molecule has 1 aliphatic rings.